The molecule has 0 spiro atoms. The average Bonchev–Trinajstić information content (AvgIpc) is 3.01. The van der Waals surface area contributed by atoms with Crippen molar-refractivity contribution in [1.29, 1.82) is 0 Å². The second kappa shape index (κ2) is 13.6. The zero-order chi connectivity index (χ0) is 30.3. The van der Waals surface area contributed by atoms with Crippen molar-refractivity contribution in [3.63, 3.8) is 0 Å². The number of benzene rings is 3. The maximum atomic E-state index is 13.8. The Morgan fingerprint density at radius 1 is 0.860 bits per heavy atom. The van der Waals surface area contributed by atoms with Crippen molar-refractivity contribution in [1.82, 2.24) is 10.3 Å². The number of carbonyl (C=O) groups is 1. The lowest BCUT2D eigenvalue weighted by Gasteiger charge is -2.44. The summed E-state index contributed by atoms with van der Waals surface area (Å²) in [4.78, 5) is 18.4. The molecule has 5 rings (SSSR count). The van der Waals surface area contributed by atoms with Crippen molar-refractivity contribution in [2.75, 3.05) is 11.9 Å². The predicted octanol–water partition coefficient (Wildman–Crippen LogP) is 6.42. The van der Waals surface area contributed by atoms with Crippen LogP contribution in [0.15, 0.2) is 127 Å². The summed E-state index contributed by atoms with van der Waals surface area (Å²) in [6.45, 7) is 7.88. The van der Waals surface area contributed by atoms with E-state index in [1.807, 2.05) is 42.5 Å². The lowest BCUT2D eigenvalue weighted by atomic mass is 9.86. The molecular formula is C36H39N3O2SSi. The van der Waals surface area contributed by atoms with E-state index in [-0.39, 0.29) is 16.7 Å². The molecule has 0 saturated carbocycles. The van der Waals surface area contributed by atoms with Crippen LogP contribution in [0.1, 0.15) is 39.2 Å². The van der Waals surface area contributed by atoms with Gasteiger partial charge in [-0.2, -0.15) is 0 Å². The Bertz CT molecular complexity index is 1520. The third-order valence-corrected chi connectivity index (χ3v) is 13.3. The Balaban J connectivity index is 1.45. The van der Waals surface area contributed by atoms with Crippen LogP contribution >= 0.6 is 12.2 Å². The monoisotopic (exact) mass is 605 g/mol. The fraction of sp³-hybridized carbons (Fsp3) is 0.250. The van der Waals surface area contributed by atoms with Crippen LogP contribution in [0.3, 0.4) is 0 Å². The van der Waals surface area contributed by atoms with E-state index < -0.39 is 8.32 Å². The molecule has 5 nitrogen and oxygen atoms in total. The summed E-state index contributed by atoms with van der Waals surface area (Å²) < 4.78 is 7.24. The molecule has 1 aliphatic rings. The molecule has 220 valence electrons. The second-order valence-electron chi connectivity index (χ2n) is 12.1. The Morgan fingerprint density at radius 2 is 1.42 bits per heavy atom. The standard InChI is InChI=1S/C36H39N3O2SSi/c1-36(2,3)43(30-15-9-5-10-16-30,31-17-11-6-12-18-31)41-26-28-23-32(38-25-27-19-21-37-22-20-27)34(33(40)24-28)35(42)39-29-13-7-4-8-14-29/h4-22,28,38H,23-26H2,1-3H3,(H,39,42). The van der Waals surface area contributed by atoms with Crippen LogP contribution < -0.4 is 21.0 Å². The number of thiocarbonyl (C=S) groups is 1. The lowest BCUT2D eigenvalue weighted by Crippen LogP contribution is -2.67. The third-order valence-electron chi connectivity index (χ3n) is 8.01. The maximum absolute atomic E-state index is 13.8. The Kier molecular flexibility index (Phi) is 9.65. The minimum absolute atomic E-state index is 0.0114. The van der Waals surface area contributed by atoms with Gasteiger partial charge in [0.2, 0.25) is 0 Å². The number of ketones is 1. The minimum atomic E-state index is -2.73. The van der Waals surface area contributed by atoms with E-state index in [0.717, 1.165) is 16.9 Å². The van der Waals surface area contributed by atoms with Crippen LogP contribution in [0, 0.1) is 5.92 Å². The number of carbonyl (C=O) groups excluding carboxylic acids is 1. The van der Waals surface area contributed by atoms with Gasteiger partial charge in [-0.3, -0.25) is 9.78 Å². The van der Waals surface area contributed by atoms with E-state index >= 15 is 0 Å². The molecule has 4 aromatic rings. The molecule has 3 aromatic carbocycles. The number of allylic oxidation sites excluding steroid dienone is 1. The predicted molar refractivity (Wildman–Crippen MR) is 182 cm³/mol. The summed E-state index contributed by atoms with van der Waals surface area (Å²) in [6, 6.07) is 35.0. The van der Waals surface area contributed by atoms with Gasteiger partial charge in [-0.05, 0) is 57.6 Å². The van der Waals surface area contributed by atoms with Gasteiger partial charge in [-0.15, -0.1) is 0 Å². The van der Waals surface area contributed by atoms with Crippen LogP contribution in [0.5, 0.6) is 0 Å². The van der Waals surface area contributed by atoms with Crippen molar-refractivity contribution in [2.45, 2.75) is 45.2 Å². The summed E-state index contributed by atoms with van der Waals surface area (Å²) in [7, 11) is -2.73. The summed E-state index contributed by atoms with van der Waals surface area (Å²) >= 11 is 5.82. The van der Waals surface area contributed by atoms with E-state index in [2.05, 4.69) is 97.1 Å². The van der Waals surface area contributed by atoms with Crippen molar-refractivity contribution in [3.8, 4) is 0 Å². The van der Waals surface area contributed by atoms with Gasteiger partial charge in [-0.1, -0.05) is 112 Å². The van der Waals surface area contributed by atoms with Gasteiger partial charge in [0.05, 0.1) is 5.57 Å². The van der Waals surface area contributed by atoms with Crippen molar-refractivity contribution >= 4 is 47.4 Å². The van der Waals surface area contributed by atoms with Crippen LogP contribution in [0.25, 0.3) is 0 Å². The van der Waals surface area contributed by atoms with Gasteiger partial charge < -0.3 is 15.1 Å². The molecule has 1 atom stereocenters. The highest BCUT2D eigenvalue weighted by atomic mass is 32.1. The molecule has 1 aromatic heterocycles. The smallest absolute Gasteiger partial charge is 0.261 e. The SMILES string of the molecule is CC(C)(C)[Si](OCC1CC(=O)C(C(=S)Nc2ccccc2)=C(NCc2ccncc2)C1)(c1ccccc1)c1ccccc1. The van der Waals surface area contributed by atoms with Gasteiger partial charge in [0, 0.05) is 43.4 Å². The van der Waals surface area contributed by atoms with Crippen LogP contribution in [-0.4, -0.2) is 30.7 Å². The number of hydrogen-bond donors (Lipinski definition) is 2. The highest BCUT2D eigenvalue weighted by Crippen LogP contribution is 2.38. The average molecular weight is 606 g/mol. The first kappa shape index (κ1) is 30.5. The highest BCUT2D eigenvalue weighted by Gasteiger charge is 2.50. The molecule has 0 radical (unpaired) electrons. The topological polar surface area (TPSA) is 63.2 Å². The molecule has 1 unspecified atom stereocenters. The molecule has 1 aliphatic carbocycles. The van der Waals surface area contributed by atoms with Crippen molar-refractivity contribution in [2.24, 2.45) is 5.92 Å². The number of aromatic nitrogens is 1. The molecule has 1 heterocycles. The summed E-state index contributed by atoms with van der Waals surface area (Å²) in [5, 5.41) is 9.17. The summed E-state index contributed by atoms with van der Waals surface area (Å²) in [5.41, 5.74) is 3.37. The molecule has 0 bridgehead atoms. The minimum Gasteiger partial charge on any atom is -0.407 e. The van der Waals surface area contributed by atoms with Crippen LogP contribution in [0.2, 0.25) is 5.04 Å². The molecule has 43 heavy (non-hydrogen) atoms. The highest BCUT2D eigenvalue weighted by molar-refractivity contribution is 7.81. The number of rotatable bonds is 10. The molecule has 7 heteroatoms. The van der Waals surface area contributed by atoms with Crippen LogP contribution in [-0.2, 0) is 15.8 Å². The molecule has 0 aliphatic heterocycles. The normalized spacial score (nSPS) is 15.7. The fourth-order valence-corrected chi connectivity index (χ4v) is 11.0. The number of nitrogens with zero attached hydrogens (tertiary/aromatic N) is 1. The van der Waals surface area contributed by atoms with Gasteiger partial charge in [0.25, 0.3) is 8.32 Å². The van der Waals surface area contributed by atoms with Gasteiger partial charge in [-0.25, -0.2) is 0 Å². The molecule has 0 saturated heterocycles. The largest absolute Gasteiger partial charge is 0.407 e. The van der Waals surface area contributed by atoms with E-state index in [0.29, 0.717) is 36.6 Å². The zero-order valence-electron chi connectivity index (χ0n) is 25.0. The van der Waals surface area contributed by atoms with Crippen molar-refractivity contribution < 1.29 is 9.22 Å². The molecule has 0 amide bonds. The van der Waals surface area contributed by atoms with E-state index in [1.54, 1.807) is 12.4 Å². The van der Waals surface area contributed by atoms with Gasteiger partial charge in [0.15, 0.2) is 5.78 Å². The zero-order valence-corrected chi connectivity index (χ0v) is 26.9. The summed E-state index contributed by atoms with van der Waals surface area (Å²) in [6.07, 6.45) is 4.60. The lowest BCUT2D eigenvalue weighted by molar-refractivity contribution is -0.116. The van der Waals surface area contributed by atoms with Gasteiger partial charge in [0.1, 0.15) is 4.99 Å². The Labute approximate surface area is 261 Å². The van der Waals surface area contributed by atoms with Gasteiger partial charge >= 0.3 is 0 Å². The molecule has 0 fully saturated rings. The van der Waals surface area contributed by atoms with E-state index in [9.17, 15) is 4.79 Å². The maximum Gasteiger partial charge on any atom is 0.261 e. The first-order valence-electron chi connectivity index (χ1n) is 14.8. The van der Waals surface area contributed by atoms with E-state index in [4.69, 9.17) is 16.6 Å². The quantitative estimate of drug-likeness (QED) is 0.161. The molecular weight excluding hydrogens is 567 g/mol. The fourth-order valence-electron chi connectivity index (χ4n) is 5.97. The molecule has 2 N–H and O–H groups in total. The Morgan fingerprint density at radius 3 is 1.98 bits per heavy atom. The first-order chi connectivity index (χ1) is 20.8. The number of nitrogens with one attached hydrogen (secondary N) is 2. The Hall–Kier alpha value is -3.91. The van der Waals surface area contributed by atoms with Crippen molar-refractivity contribution in [3.05, 3.63) is 132 Å². The third kappa shape index (κ3) is 7.01. The number of anilines is 1. The first-order valence-corrected chi connectivity index (χ1v) is 17.1. The van der Waals surface area contributed by atoms with Crippen LogP contribution in [0.4, 0.5) is 5.69 Å². The number of hydrogen-bond acceptors (Lipinski definition) is 5. The number of para-hydroxylation sites is 1. The number of pyridine rings is 1. The second-order valence-corrected chi connectivity index (χ2v) is 16.8. The summed E-state index contributed by atoms with van der Waals surface area (Å²) in [5.74, 6) is 0.0466. The number of Topliss-reactive ketones (excluding diaryl/α,β-unsaturated/α-hetero) is 1. The van der Waals surface area contributed by atoms with E-state index in [1.165, 1.54) is 10.4 Å².